The molecule has 3 nitrogen and oxygen atoms in total. The van der Waals surface area contributed by atoms with Gasteiger partial charge in [-0.05, 0) is 12.3 Å². The summed E-state index contributed by atoms with van der Waals surface area (Å²) < 4.78 is 26.5. The largest absolute Gasteiger partial charge is 0.272 e. The minimum Gasteiger partial charge on any atom is -0.268 e. The van der Waals surface area contributed by atoms with E-state index in [4.69, 9.17) is 0 Å². The highest BCUT2D eigenvalue weighted by atomic mass is 32.2. The monoisotopic (exact) mass is 192 g/mol. The second-order valence-electron chi connectivity index (χ2n) is 3.44. The Hall–Kier alpha value is -0.0900. The SMILES string of the molecule is CCCCC(C)C1COS1(=O)=O. The van der Waals surface area contributed by atoms with Crippen LogP contribution in [-0.2, 0) is 14.3 Å². The maximum absolute atomic E-state index is 11.0. The zero-order valence-electron chi connectivity index (χ0n) is 7.62. The summed E-state index contributed by atoms with van der Waals surface area (Å²) in [6.07, 6.45) is 3.22. The second kappa shape index (κ2) is 3.75. The van der Waals surface area contributed by atoms with Gasteiger partial charge in [0, 0.05) is 0 Å². The lowest BCUT2D eigenvalue weighted by atomic mass is 10.0. The van der Waals surface area contributed by atoms with E-state index in [2.05, 4.69) is 11.1 Å². The lowest BCUT2D eigenvalue weighted by molar-refractivity contribution is 0.209. The molecule has 0 aromatic heterocycles. The van der Waals surface area contributed by atoms with E-state index in [0.717, 1.165) is 19.3 Å². The standard InChI is InChI=1S/C8H16O3S/c1-3-4-5-7(2)8-6-11-12(8,9)10/h7-8H,3-6H2,1-2H3. The van der Waals surface area contributed by atoms with Crippen LogP contribution < -0.4 is 0 Å². The first kappa shape index (κ1) is 9.99. The first-order chi connectivity index (χ1) is 5.58. The Morgan fingerprint density at radius 3 is 2.58 bits per heavy atom. The number of hydrogen-bond donors (Lipinski definition) is 0. The molecule has 0 bridgehead atoms. The van der Waals surface area contributed by atoms with Crippen LogP contribution in [0.15, 0.2) is 0 Å². The van der Waals surface area contributed by atoms with Crippen molar-refractivity contribution in [2.24, 2.45) is 5.92 Å². The summed E-state index contributed by atoms with van der Waals surface area (Å²) in [5, 5.41) is -0.232. The lowest BCUT2D eigenvalue weighted by Crippen LogP contribution is -2.44. The zero-order chi connectivity index (χ0) is 9.19. The lowest BCUT2D eigenvalue weighted by Gasteiger charge is -2.30. The van der Waals surface area contributed by atoms with Crippen LogP contribution >= 0.6 is 0 Å². The van der Waals surface area contributed by atoms with Gasteiger partial charge in [0.1, 0.15) is 5.25 Å². The number of hydrogen-bond acceptors (Lipinski definition) is 3. The van der Waals surface area contributed by atoms with Crippen LogP contribution in [0.4, 0.5) is 0 Å². The van der Waals surface area contributed by atoms with Gasteiger partial charge in [-0.2, -0.15) is 8.42 Å². The highest BCUT2D eigenvalue weighted by Crippen LogP contribution is 2.27. The average Bonchev–Trinajstić information content (AvgIpc) is 1.99. The third-order valence-electron chi connectivity index (χ3n) is 2.42. The highest BCUT2D eigenvalue weighted by Gasteiger charge is 2.40. The van der Waals surface area contributed by atoms with E-state index >= 15 is 0 Å². The molecule has 1 saturated heterocycles. The Kier molecular flexibility index (Phi) is 3.12. The van der Waals surface area contributed by atoms with Crippen LogP contribution in [0, 0.1) is 5.92 Å². The van der Waals surface area contributed by atoms with Gasteiger partial charge in [-0.25, -0.2) is 0 Å². The summed E-state index contributed by atoms with van der Waals surface area (Å²) in [6, 6.07) is 0. The Bertz CT molecular complexity index is 233. The average molecular weight is 192 g/mol. The van der Waals surface area contributed by atoms with Gasteiger partial charge in [-0.1, -0.05) is 26.7 Å². The predicted octanol–water partition coefficient (Wildman–Crippen LogP) is 1.54. The molecule has 2 atom stereocenters. The molecular weight excluding hydrogens is 176 g/mol. The molecule has 1 aliphatic heterocycles. The fraction of sp³-hybridized carbons (Fsp3) is 1.00. The Labute approximate surface area is 74.2 Å². The molecule has 0 N–H and O–H groups in total. The molecule has 0 amide bonds. The summed E-state index contributed by atoms with van der Waals surface area (Å²) in [5.41, 5.74) is 0. The van der Waals surface area contributed by atoms with Gasteiger partial charge in [0.25, 0.3) is 10.1 Å². The second-order valence-corrected chi connectivity index (χ2v) is 5.26. The fourth-order valence-electron chi connectivity index (χ4n) is 1.42. The van der Waals surface area contributed by atoms with Crippen molar-refractivity contribution >= 4 is 10.1 Å². The van der Waals surface area contributed by atoms with Crippen LogP contribution in [0.1, 0.15) is 33.1 Å². The zero-order valence-corrected chi connectivity index (χ0v) is 8.43. The molecule has 1 heterocycles. The van der Waals surface area contributed by atoms with Crippen molar-refractivity contribution in [2.45, 2.75) is 38.4 Å². The van der Waals surface area contributed by atoms with Crippen LogP contribution in [0.25, 0.3) is 0 Å². The Morgan fingerprint density at radius 1 is 1.58 bits per heavy atom. The van der Waals surface area contributed by atoms with Crippen molar-refractivity contribution in [1.82, 2.24) is 0 Å². The van der Waals surface area contributed by atoms with Crippen LogP contribution in [0.3, 0.4) is 0 Å². The van der Waals surface area contributed by atoms with Gasteiger partial charge >= 0.3 is 0 Å². The normalized spacial score (nSPS) is 29.3. The summed E-state index contributed by atoms with van der Waals surface area (Å²) in [4.78, 5) is 0. The molecule has 4 heteroatoms. The first-order valence-electron chi connectivity index (χ1n) is 4.46. The third-order valence-corrected chi connectivity index (χ3v) is 4.22. The quantitative estimate of drug-likeness (QED) is 0.635. The molecule has 0 aliphatic carbocycles. The van der Waals surface area contributed by atoms with Gasteiger partial charge in [-0.15, -0.1) is 0 Å². The first-order valence-corrected chi connectivity index (χ1v) is 5.93. The molecule has 2 unspecified atom stereocenters. The third kappa shape index (κ3) is 1.98. The van der Waals surface area contributed by atoms with Gasteiger partial charge in [0.15, 0.2) is 0 Å². The summed E-state index contributed by atoms with van der Waals surface area (Å²) in [5.74, 6) is 0.253. The van der Waals surface area contributed by atoms with Crippen molar-refractivity contribution in [3.63, 3.8) is 0 Å². The van der Waals surface area contributed by atoms with E-state index in [1.807, 2.05) is 6.92 Å². The summed E-state index contributed by atoms with van der Waals surface area (Å²) >= 11 is 0. The van der Waals surface area contributed by atoms with E-state index in [9.17, 15) is 8.42 Å². The molecule has 0 radical (unpaired) electrons. The van der Waals surface area contributed by atoms with Gasteiger partial charge < -0.3 is 0 Å². The summed E-state index contributed by atoms with van der Waals surface area (Å²) in [7, 11) is -3.15. The van der Waals surface area contributed by atoms with Crippen LogP contribution in [-0.4, -0.2) is 20.3 Å². The molecular formula is C8H16O3S. The molecule has 1 aliphatic rings. The van der Waals surface area contributed by atoms with Crippen LogP contribution in [0.2, 0.25) is 0 Å². The molecule has 0 aromatic carbocycles. The topological polar surface area (TPSA) is 43.4 Å². The van der Waals surface area contributed by atoms with Gasteiger partial charge in [0.05, 0.1) is 6.61 Å². The maximum atomic E-state index is 11.0. The molecule has 0 saturated carbocycles. The van der Waals surface area contributed by atoms with Crippen molar-refractivity contribution in [3.05, 3.63) is 0 Å². The van der Waals surface area contributed by atoms with Gasteiger partial charge in [-0.3, -0.25) is 4.18 Å². The molecule has 0 spiro atoms. The summed E-state index contributed by atoms with van der Waals surface area (Å²) in [6.45, 7) is 4.49. The molecule has 1 fully saturated rings. The van der Waals surface area contributed by atoms with Crippen molar-refractivity contribution in [3.8, 4) is 0 Å². The van der Waals surface area contributed by atoms with E-state index < -0.39 is 10.1 Å². The number of rotatable bonds is 4. The van der Waals surface area contributed by atoms with Crippen molar-refractivity contribution in [1.29, 1.82) is 0 Å². The van der Waals surface area contributed by atoms with E-state index in [1.54, 1.807) is 0 Å². The number of unbranched alkanes of at least 4 members (excludes halogenated alkanes) is 1. The molecule has 1 rings (SSSR count). The van der Waals surface area contributed by atoms with Crippen LogP contribution in [0.5, 0.6) is 0 Å². The minimum atomic E-state index is -3.15. The van der Waals surface area contributed by atoms with Gasteiger partial charge in [0.2, 0.25) is 0 Å². The molecule has 0 aromatic rings. The minimum absolute atomic E-state index is 0.232. The molecule has 72 valence electrons. The maximum Gasteiger partial charge on any atom is 0.272 e. The predicted molar refractivity (Wildman–Crippen MR) is 47.3 cm³/mol. The van der Waals surface area contributed by atoms with Crippen molar-refractivity contribution in [2.75, 3.05) is 6.61 Å². The van der Waals surface area contributed by atoms with E-state index in [1.165, 1.54) is 0 Å². The smallest absolute Gasteiger partial charge is 0.268 e. The Balaban J connectivity index is 2.38. The highest BCUT2D eigenvalue weighted by molar-refractivity contribution is 7.88. The Morgan fingerprint density at radius 2 is 2.25 bits per heavy atom. The van der Waals surface area contributed by atoms with E-state index in [-0.39, 0.29) is 11.2 Å². The molecule has 12 heavy (non-hydrogen) atoms. The fourth-order valence-corrected chi connectivity index (χ4v) is 2.64. The van der Waals surface area contributed by atoms with Crippen molar-refractivity contribution < 1.29 is 12.6 Å². The van der Waals surface area contributed by atoms with E-state index in [0.29, 0.717) is 6.61 Å².